The van der Waals surface area contributed by atoms with Crippen LogP contribution in [0.5, 0.6) is 0 Å². The first-order valence-corrected chi connectivity index (χ1v) is 8.49. The van der Waals surface area contributed by atoms with E-state index in [2.05, 4.69) is 44.8 Å². The highest BCUT2D eigenvalue weighted by Gasteiger charge is 2.37. The van der Waals surface area contributed by atoms with E-state index < -0.39 is 0 Å². The average Bonchev–Trinajstić information content (AvgIpc) is 2.35. The summed E-state index contributed by atoms with van der Waals surface area (Å²) in [5.74, 6) is 0. The lowest BCUT2D eigenvalue weighted by Crippen LogP contribution is -2.55. The number of hydrogen-bond donors (Lipinski definition) is 1. The van der Waals surface area contributed by atoms with Gasteiger partial charge in [0.2, 0.25) is 0 Å². The SMILES string of the molecule is C[C@@H]1CN(CC2(CNC(C)(C)C)CCCOC2)C[C@H](C)O1. The first kappa shape index (κ1) is 17.2. The van der Waals surface area contributed by atoms with E-state index in [4.69, 9.17) is 9.47 Å². The minimum absolute atomic E-state index is 0.163. The molecule has 0 aromatic heterocycles. The number of rotatable bonds is 4. The molecule has 0 aromatic rings. The Labute approximate surface area is 130 Å². The van der Waals surface area contributed by atoms with Crippen LogP contribution in [-0.2, 0) is 9.47 Å². The second-order valence-electron chi connectivity index (χ2n) is 8.21. The summed E-state index contributed by atoms with van der Waals surface area (Å²) in [7, 11) is 0. The Kier molecular flexibility index (Phi) is 5.69. The fraction of sp³-hybridized carbons (Fsp3) is 1.00. The topological polar surface area (TPSA) is 33.7 Å². The minimum Gasteiger partial charge on any atom is -0.381 e. The van der Waals surface area contributed by atoms with E-state index in [1.54, 1.807) is 0 Å². The molecule has 4 heteroatoms. The zero-order chi connectivity index (χ0) is 15.5. The molecule has 0 bridgehead atoms. The zero-order valence-electron chi connectivity index (χ0n) is 14.6. The van der Waals surface area contributed by atoms with E-state index in [0.717, 1.165) is 39.4 Å². The summed E-state index contributed by atoms with van der Waals surface area (Å²) in [5, 5.41) is 3.71. The van der Waals surface area contributed by atoms with Crippen LogP contribution < -0.4 is 5.32 Å². The monoisotopic (exact) mass is 298 g/mol. The first-order chi connectivity index (χ1) is 9.78. The maximum absolute atomic E-state index is 5.86. The number of hydrogen-bond acceptors (Lipinski definition) is 4. The van der Waals surface area contributed by atoms with Crippen molar-refractivity contribution in [1.82, 2.24) is 10.2 Å². The molecule has 0 spiro atoms. The highest BCUT2D eigenvalue weighted by molar-refractivity contribution is 4.91. The van der Waals surface area contributed by atoms with Gasteiger partial charge in [-0.15, -0.1) is 0 Å². The normalized spacial score (nSPS) is 35.9. The molecule has 0 aliphatic carbocycles. The molecule has 0 radical (unpaired) electrons. The molecule has 2 aliphatic rings. The van der Waals surface area contributed by atoms with Crippen molar-refractivity contribution in [2.24, 2.45) is 5.41 Å². The quantitative estimate of drug-likeness (QED) is 0.863. The van der Waals surface area contributed by atoms with Gasteiger partial charge in [-0.2, -0.15) is 0 Å². The van der Waals surface area contributed by atoms with Crippen molar-refractivity contribution in [3.05, 3.63) is 0 Å². The van der Waals surface area contributed by atoms with Crippen molar-refractivity contribution in [2.45, 2.75) is 65.2 Å². The largest absolute Gasteiger partial charge is 0.381 e. The second kappa shape index (κ2) is 6.95. The van der Waals surface area contributed by atoms with E-state index in [1.165, 1.54) is 12.8 Å². The van der Waals surface area contributed by atoms with Gasteiger partial charge in [-0.1, -0.05) is 0 Å². The fourth-order valence-electron chi connectivity index (χ4n) is 3.57. The van der Waals surface area contributed by atoms with Crippen molar-refractivity contribution >= 4 is 0 Å². The van der Waals surface area contributed by atoms with Gasteiger partial charge >= 0.3 is 0 Å². The zero-order valence-corrected chi connectivity index (χ0v) is 14.6. The van der Waals surface area contributed by atoms with Gasteiger partial charge in [0, 0.05) is 43.7 Å². The molecule has 2 fully saturated rings. The van der Waals surface area contributed by atoms with Gasteiger partial charge in [-0.3, -0.25) is 4.90 Å². The molecule has 2 aliphatic heterocycles. The Morgan fingerprint density at radius 2 is 1.86 bits per heavy atom. The van der Waals surface area contributed by atoms with Crippen LogP contribution in [-0.4, -0.2) is 62.0 Å². The van der Waals surface area contributed by atoms with Crippen molar-refractivity contribution in [1.29, 1.82) is 0 Å². The van der Waals surface area contributed by atoms with Crippen LogP contribution in [0.25, 0.3) is 0 Å². The summed E-state index contributed by atoms with van der Waals surface area (Å²) in [4.78, 5) is 2.58. The Balaban J connectivity index is 1.98. The van der Waals surface area contributed by atoms with Crippen LogP contribution in [0.1, 0.15) is 47.5 Å². The molecule has 4 nitrogen and oxygen atoms in total. The van der Waals surface area contributed by atoms with Crippen LogP contribution in [0.4, 0.5) is 0 Å². The lowest BCUT2D eigenvalue weighted by molar-refractivity contribution is -0.0938. The molecule has 1 N–H and O–H groups in total. The number of ether oxygens (including phenoxy) is 2. The summed E-state index contributed by atoms with van der Waals surface area (Å²) in [6.45, 7) is 17.1. The maximum Gasteiger partial charge on any atom is 0.0678 e. The van der Waals surface area contributed by atoms with E-state index in [1.807, 2.05) is 0 Å². The number of nitrogens with one attached hydrogen (secondary N) is 1. The molecule has 3 atom stereocenters. The molecule has 2 saturated heterocycles. The third kappa shape index (κ3) is 5.51. The van der Waals surface area contributed by atoms with Crippen molar-refractivity contribution < 1.29 is 9.47 Å². The van der Waals surface area contributed by atoms with Crippen LogP contribution in [0.2, 0.25) is 0 Å². The van der Waals surface area contributed by atoms with Crippen LogP contribution >= 0.6 is 0 Å². The van der Waals surface area contributed by atoms with E-state index in [9.17, 15) is 0 Å². The highest BCUT2D eigenvalue weighted by atomic mass is 16.5. The maximum atomic E-state index is 5.86. The molecule has 124 valence electrons. The fourth-order valence-corrected chi connectivity index (χ4v) is 3.57. The third-order valence-corrected chi connectivity index (χ3v) is 4.45. The minimum atomic E-state index is 0.163. The third-order valence-electron chi connectivity index (χ3n) is 4.45. The molecular formula is C17H34N2O2. The number of nitrogens with zero attached hydrogens (tertiary/aromatic N) is 1. The molecule has 0 saturated carbocycles. The molecule has 2 rings (SSSR count). The average molecular weight is 298 g/mol. The summed E-state index contributed by atoms with van der Waals surface area (Å²) < 4.78 is 11.7. The van der Waals surface area contributed by atoms with Crippen molar-refractivity contribution in [3.63, 3.8) is 0 Å². The lowest BCUT2D eigenvalue weighted by Gasteiger charge is -2.45. The first-order valence-electron chi connectivity index (χ1n) is 8.49. The lowest BCUT2D eigenvalue weighted by atomic mass is 9.81. The molecule has 2 heterocycles. The van der Waals surface area contributed by atoms with E-state index >= 15 is 0 Å². The Morgan fingerprint density at radius 1 is 1.19 bits per heavy atom. The molecule has 21 heavy (non-hydrogen) atoms. The summed E-state index contributed by atoms with van der Waals surface area (Å²) in [5.41, 5.74) is 0.415. The second-order valence-corrected chi connectivity index (χ2v) is 8.21. The molecule has 0 aromatic carbocycles. The predicted molar refractivity (Wildman–Crippen MR) is 86.7 cm³/mol. The van der Waals surface area contributed by atoms with Crippen LogP contribution in [0.3, 0.4) is 0 Å². The van der Waals surface area contributed by atoms with Crippen LogP contribution in [0.15, 0.2) is 0 Å². The smallest absolute Gasteiger partial charge is 0.0678 e. The van der Waals surface area contributed by atoms with Gasteiger partial charge < -0.3 is 14.8 Å². The Morgan fingerprint density at radius 3 is 2.38 bits per heavy atom. The van der Waals surface area contributed by atoms with E-state index in [-0.39, 0.29) is 11.0 Å². The molecular weight excluding hydrogens is 264 g/mol. The standard InChI is InChI=1S/C17H34N2O2/c1-14-9-19(10-15(2)21-14)12-17(7-6-8-20-13-17)11-18-16(3,4)5/h14-15,18H,6-13H2,1-5H3/t14-,15+,17?. The summed E-state index contributed by atoms with van der Waals surface area (Å²) in [6, 6.07) is 0. The van der Waals surface area contributed by atoms with Gasteiger partial charge in [0.15, 0.2) is 0 Å². The van der Waals surface area contributed by atoms with E-state index in [0.29, 0.717) is 12.2 Å². The predicted octanol–water partition coefficient (Wildman–Crippen LogP) is 2.28. The van der Waals surface area contributed by atoms with Gasteiger partial charge in [-0.25, -0.2) is 0 Å². The van der Waals surface area contributed by atoms with Gasteiger partial charge in [0.25, 0.3) is 0 Å². The molecule has 0 amide bonds. The Bertz CT molecular complexity index is 311. The Hall–Kier alpha value is -0.160. The summed E-state index contributed by atoms with van der Waals surface area (Å²) in [6.07, 6.45) is 3.12. The highest BCUT2D eigenvalue weighted by Crippen LogP contribution is 2.31. The number of morpholine rings is 1. The molecule has 1 unspecified atom stereocenters. The van der Waals surface area contributed by atoms with Crippen molar-refractivity contribution in [3.8, 4) is 0 Å². The summed E-state index contributed by atoms with van der Waals surface area (Å²) >= 11 is 0. The van der Waals surface area contributed by atoms with Gasteiger partial charge in [0.05, 0.1) is 18.8 Å². The van der Waals surface area contributed by atoms with Gasteiger partial charge in [0.1, 0.15) is 0 Å². The van der Waals surface area contributed by atoms with Crippen LogP contribution in [0, 0.1) is 5.41 Å². The van der Waals surface area contributed by atoms with Crippen molar-refractivity contribution in [2.75, 3.05) is 39.4 Å². The van der Waals surface area contributed by atoms with Gasteiger partial charge in [-0.05, 0) is 47.5 Å².